The molecule has 2 saturated heterocycles. The number of likely N-dealkylation sites (tertiary alicyclic amines) is 2. The van der Waals surface area contributed by atoms with Gasteiger partial charge in [-0.05, 0) is 74.5 Å². The third-order valence-corrected chi connectivity index (χ3v) is 8.28. The molecule has 3 N–H and O–H groups in total. The summed E-state index contributed by atoms with van der Waals surface area (Å²) < 4.78 is 64.8. The first kappa shape index (κ1) is 27.3. The maximum atomic E-state index is 13.2. The van der Waals surface area contributed by atoms with Crippen LogP contribution in [-0.4, -0.2) is 65.8 Å². The Balaban J connectivity index is 1.33. The third-order valence-electron chi connectivity index (χ3n) is 7.10. The summed E-state index contributed by atoms with van der Waals surface area (Å²) in [6.07, 6.45) is 5.28. The van der Waals surface area contributed by atoms with Crippen LogP contribution in [0.15, 0.2) is 42.7 Å². The average molecular weight is 541 g/mol. The van der Waals surface area contributed by atoms with Crippen molar-refractivity contribution < 1.29 is 26.4 Å². The number of rotatable bonds is 7. The van der Waals surface area contributed by atoms with Crippen LogP contribution in [0.2, 0.25) is 0 Å². The van der Waals surface area contributed by atoms with Crippen molar-refractivity contribution in [3.63, 3.8) is 0 Å². The highest BCUT2D eigenvalue weighted by molar-refractivity contribution is 7.90. The van der Waals surface area contributed by atoms with Crippen molar-refractivity contribution >= 4 is 21.7 Å². The Morgan fingerprint density at radius 2 is 1.76 bits per heavy atom. The van der Waals surface area contributed by atoms with E-state index in [1.54, 1.807) is 23.2 Å². The minimum absolute atomic E-state index is 0.0523. The number of aromatic nitrogens is 2. The fourth-order valence-electron chi connectivity index (χ4n) is 5.09. The lowest BCUT2D eigenvalue weighted by Crippen LogP contribution is -2.48. The number of nitrogens with one attached hydrogen (secondary N) is 1. The highest BCUT2D eigenvalue weighted by atomic mass is 32.2. The summed E-state index contributed by atoms with van der Waals surface area (Å²) in [5.41, 5.74) is 1.63. The molecule has 2 aromatic heterocycles. The second-order valence-electron chi connectivity index (χ2n) is 9.60. The van der Waals surface area contributed by atoms with Crippen molar-refractivity contribution in [3.05, 3.63) is 54.0 Å². The van der Waals surface area contributed by atoms with Crippen LogP contribution in [0.5, 0.6) is 0 Å². The minimum atomic E-state index is -5.56. The van der Waals surface area contributed by atoms with Gasteiger partial charge >= 0.3 is 15.5 Å². The van der Waals surface area contributed by atoms with Gasteiger partial charge in [0.25, 0.3) is 0 Å². The van der Waals surface area contributed by atoms with Gasteiger partial charge in [0.1, 0.15) is 5.82 Å². The molecule has 1 atom stereocenters. The topological polar surface area (TPSA) is 122 Å². The number of halogens is 3. The number of carbonyl (C=O) groups excluding carboxylic acids is 1. The molecule has 2 aliphatic rings. The first-order chi connectivity index (χ1) is 17.5. The van der Waals surface area contributed by atoms with Crippen LogP contribution in [0.25, 0.3) is 0 Å². The molecule has 9 nitrogen and oxygen atoms in total. The van der Waals surface area contributed by atoms with E-state index in [9.17, 15) is 26.4 Å². The Bertz CT molecular complexity index is 1170. The zero-order valence-electron chi connectivity index (χ0n) is 20.3. The molecule has 1 unspecified atom stereocenters. The van der Waals surface area contributed by atoms with Gasteiger partial charge in [-0.15, -0.1) is 0 Å². The summed E-state index contributed by atoms with van der Waals surface area (Å²) in [6.45, 7) is 3.00. The highest BCUT2D eigenvalue weighted by Crippen LogP contribution is 2.34. The number of anilines is 1. The fourth-order valence-corrected chi connectivity index (χ4v) is 5.87. The van der Waals surface area contributed by atoms with Crippen LogP contribution in [0.3, 0.4) is 0 Å². The minimum Gasteiger partial charge on any atom is -0.384 e. The van der Waals surface area contributed by atoms with Crippen LogP contribution < -0.4 is 10.5 Å². The van der Waals surface area contributed by atoms with E-state index in [0.29, 0.717) is 31.7 Å². The van der Waals surface area contributed by atoms with Crippen molar-refractivity contribution in [2.75, 3.05) is 31.9 Å². The van der Waals surface area contributed by atoms with E-state index in [-0.39, 0.29) is 17.5 Å². The second-order valence-corrected chi connectivity index (χ2v) is 11.3. The summed E-state index contributed by atoms with van der Waals surface area (Å²) in [4.78, 5) is 25.3. The Kier molecular flexibility index (Phi) is 8.34. The van der Waals surface area contributed by atoms with Gasteiger partial charge in [-0.1, -0.05) is 6.07 Å². The number of pyridine rings is 2. The van der Waals surface area contributed by atoms with Crippen LogP contribution in [0.4, 0.5) is 19.0 Å². The van der Waals surface area contributed by atoms with Gasteiger partial charge < -0.3 is 10.6 Å². The lowest BCUT2D eigenvalue weighted by molar-refractivity contribution is -0.138. The van der Waals surface area contributed by atoms with Crippen LogP contribution in [0.1, 0.15) is 43.0 Å². The summed E-state index contributed by atoms with van der Waals surface area (Å²) in [7, 11) is -5.56. The number of amides is 1. The van der Waals surface area contributed by atoms with Crippen molar-refractivity contribution in [2.24, 2.45) is 11.8 Å². The number of carbonyl (C=O) groups is 1. The molecule has 37 heavy (non-hydrogen) atoms. The zero-order valence-corrected chi connectivity index (χ0v) is 21.1. The number of sulfonamides is 1. The van der Waals surface area contributed by atoms with E-state index < -0.39 is 27.5 Å². The fraction of sp³-hybridized carbons (Fsp3) is 0.542. The number of piperidine rings is 2. The van der Waals surface area contributed by atoms with E-state index >= 15 is 0 Å². The molecular weight excluding hydrogens is 509 g/mol. The first-order valence-electron chi connectivity index (χ1n) is 12.2. The van der Waals surface area contributed by atoms with E-state index in [0.717, 1.165) is 38.0 Å². The van der Waals surface area contributed by atoms with E-state index in [1.807, 2.05) is 16.9 Å². The molecule has 0 aromatic carbocycles. The molecule has 4 rings (SSSR count). The molecule has 2 fully saturated rings. The Hall–Kier alpha value is -2.77. The largest absolute Gasteiger partial charge is 0.511 e. The second kappa shape index (κ2) is 11.3. The summed E-state index contributed by atoms with van der Waals surface area (Å²) in [5, 5.41) is 0. The summed E-state index contributed by atoms with van der Waals surface area (Å²) >= 11 is 0. The number of nitrogens with two attached hydrogens (primary N) is 1. The van der Waals surface area contributed by atoms with Crippen molar-refractivity contribution in [2.45, 2.75) is 43.8 Å². The highest BCUT2D eigenvalue weighted by Gasteiger charge is 2.48. The SMILES string of the molecule is Nc1cc(CN2CCC(C(=O)N3CCC(C(NS(=O)(=O)C(F)(F)F)c4ccccn4)CC3)CC2)ccn1. The predicted molar refractivity (Wildman–Crippen MR) is 131 cm³/mol. The molecule has 0 radical (unpaired) electrons. The molecule has 4 heterocycles. The quantitative estimate of drug-likeness (QED) is 0.554. The van der Waals surface area contributed by atoms with Gasteiger partial charge in [-0.3, -0.25) is 14.7 Å². The van der Waals surface area contributed by atoms with Crippen molar-refractivity contribution in [1.29, 1.82) is 0 Å². The molecular formula is C24H31F3N6O3S. The number of nitrogen functional groups attached to an aromatic ring is 1. The first-order valence-corrected chi connectivity index (χ1v) is 13.7. The van der Waals surface area contributed by atoms with Crippen LogP contribution in [0, 0.1) is 11.8 Å². The van der Waals surface area contributed by atoms with E-state index in [4.69, 9.17) is 5.73 Å². The van der Waals surface area contributed by atoms with Crippen LogP contribution in [-0.2, 0) is 21.4 Å². The maximum absolute atomic E-state index is 13.2. The Morgan fingerprint density at radius 1 is 1.05 bits per heavy atom. The Morgan fingerprint density at radius 3 is 2.35 bits per heavy atom. The number of hydrogen-bond donors (Lipinski definition) is 2. The maximum Gasteiger partial charge on any atom is 0.511 e. The smallest absolute Gasteiger partial charge is 0.384 e. The lowest BCUT2D eigenvalue weighted by Gasteiger charge is -2.39. The molecule has 0 bridgehead atoms. The van der Waals surface area contributed by atoms with Crippen molar-refractivity contribution in [1.82, 2.24) is 24.5 Å². The molecule has 0 aliphatic carbocycles. The monoisotopic (exact) mass is 540 g/mol. The third kappa shape index (κ3) is 6.76. The number of nitrogens with zero attached hydrogens (tertiary/aromatic N) is 4. The molecule has 1 amide bonds. The summed E-state index contributed by atoms with van der Waals surface area (Å²) in [6, 6.07) is 7.36. The molecule has 2 aliphatic heterocycles. The molecule has 202 valence electrons. The van der Waals surface area contributed by atoms with Gasteiger partial charge in [0.15, 0.2) is 0 Å². The van der Waals surface area contributed by atoms with E-state index in [2.05, 4.69) is 14.9 Å². The lowest BCUT2D eigenvalue weighted by atomic mass is 9.86. The molecule has 0 spiro atoms. The average Bonchev–Trinajstić information content (AvgIpc) is 2.87. The standard InChI is InChI=1S/C24H31F3N6O3S/c25-24(26,27)37(35,36)31-22(20-3-1-2-9-29-20)18-7-13-33(14-8-18)23(34)19-5-11-32(12-6-19)16-17-4-10-30-21(28)15-17/h1-4,9-10,15,18-19,22,31H,5-8,11-14,16H2,(H2,28,30). The Labute approximate surface area is 214 Å². The van der Waals surface area contributed by atoms with Gasteiger partial charge in [-0.25, -0.2) is 13.4 Å². The van der Waals surface area contributed by atoms with E-state index in [1.165, 1.54) is 12.3 Å². The molecule has 0 saturated carbocycles. The number of hydrogen-bond acceptors (Lipinski definition) is 7. The predicted octanol–water partition coefficient (Wildman–Crippen LogP) is 2.69. The van der Waals surface area contributed by atoms with Gasteiger partial charge in [0.05, 0.1) is 11.7 Å². The van der Waals surface area contributed by atoms with Gasteiger partial charge in [0, 0.05) is 37.9 Å². The molecule has 2 aromatic rings. The zero-order chi connectivity index (χ0) is 26.6. The van der Waals surface area contributed by atoms with Gasteiger partial charge in [-0.2, -0.15) is 17.9 Å². The molecule has 13 heteroatoms. The van der Waals surface area contributed by atoms with Crippen LogP contribution >= 0.6 is 0 Å². The summed E-state index contributed by atoms with van der Waals surface area (Å²) in [5.74, 6) is -0.00433. The normalized spacial score (nSPS) is 19.6. The van der Waals surface area contributed by atoms with Crippen molar-refractivity contribution in [3.8, 4) is 0 Å². The number of alkyl halides is 3. The van der Waals surface area contributed by atoms with Gasteiger partial charge in [0.2, 0.25) is 5.91 Å².